The average molecular weight is 340 g/mol. The van der Waals surface area contributed by atoms with Gasteiger partial charge in [-0.25, -0.2) is 4.98 Å². The number of anilines is 1. The Balaban J connectivity index is 1.32. The van der Waals surface area contributed by atoms with Gasteiger partial charge in [0.2, 0.25) is 0 Å². The van der Waals surface area contributed by atoms with Gasteiger partial charge in [0.05, 0.1) is 12.4 Å². The summed E-state index contributed by atoms with van der Waals surface area (Å²) in [7, 11) is 0. The molecule has 1 saturated carbocycles. The molecular weight excluding hydrogens is 316 g/mol. The second-order valence-electron chi connectivity index (χ2n) is 6.72. The van der Waals surface area contributed by atoms with Crippen LogP contribution in [-0.2, 0) is 5.75 Å². The maximum atomic E-state index is 4.82. The van der Waals surface area contributed by atoms with Gasteiger partial charge >= 0.3 is 0 Å². The number of piperazine rings is 1. The minimum Gasteiger partial charge on any atom is -0.353 e. The average Bonchev–Trinajstić information content (AvgIpc) is 3.46. The van der Waals surface area contributed by atoms with Crippen molar-refractivity contribution < 1.29 is 0 Å². The van der Waals surface area contributed by atoms with Crippen LogP contribution in [0.4, 0.5) is 5.82 Å². The third kappa shape index (κ3) is 4.28. The lowest BCUT2D eigenvalue weighted by molar-refractivity contribution is 0.247. The van der Waals surface area contributed by atoms with Crippen molar-refractivity contribution in [3.63, 3.8) is 0 Å². The fourth-order valence-corrected chi connectivity index (χ4v) is 3.92. The second kappa shape index (κ2) is 7.53. The Hall–Kier alpha value is -1.59. The van der Waals surface area contributed by atoms with Crippen molar-refractivity contribution in [2.24, 2.45) is 5.92 Å². The number of benzene rings is 1. The fourth-order valence-electron chi connectivity index (χ4n) is 3.12. The zero-order valence-electron chi connectivity index (χ0n) is 14.0. The lowest BCUT2D eigenvalue weighted by Gasteiger charge is -2.35. The summed E-state index contributed by atoms with van der Waals surface area (Å²) in [6, 6.07) is 10.5. The van der Waals surface area contributed by atoms with E-state index >= 15 is 0 Å². The molecule has 2 aliphatic rings. The predicted molar refractivity (Wildman–Crippen MR) is 99.4 cm³/mol. The second-order valence-corrected chi connectivity index (χ2v) is 7.72. The smallest absolute Gasteiger partial charge is 0.148 e. The maximum absolute atomic E-state index is 4.82. The number of hydrogen-bond donors (Lipinski definition) is 0. The summed E-state index contributed by atoms with van der Waals surface area (Å²) >= 11 is 1.76. The standard InChI is InChI=1S/C19H24N4S/c1-2-4-17(5-3-1)15-24-19-13-20-12-18(21-19)23-10-8-22(9-11-23)14-16-6-7-16/h1-5,12-13,16H,6-11,14-15H2. The fraction of sp³-hybridized carbons (Fsp3) is 0.474. The minimum atomic E-state index is 0.939. The van der Waals surface area contributed by atoms with Crippen molar-refractivity contribution in [1.29, 1.82) is 0 Å². The largest absolute Gasteiger partial charge is 0.353 e. The van der Waals surface area contributed by atoms with E-state index in [-0.39, 0.29) is 0 Å². The molecule has 2 fully saturated rings. The van der Waals surface area contributed by atoms with Gasteiger partial charge in [0.25, 0.3) is 0 Å². The van der Waals surface area contributed by atoms with Crippen LogP contribution in [0.1, 0.15) is 18.4 Å². The summed E-state index contributed by atoms with van der Waals surface area (Å²) in [6.07, 6.45) is 6.66. The van der Waals surface area contributed by atoms with Crippen LogP contribution in [-0.4, -0.2) is 47.6 Å². The Morgan fingerprint density at radius 1 is 1.00 bits per heavy atom. The number of nitrogens with zero attached hydrogens (tertiary/aromatic N) is 4. The topological polar surface area (TPSA) is 32.3 Å². The van der Waals surface area contributed by atoms with E-state index in [1.165, 1.54) is 24.9 Å². The van der Waals surface area contributed by atoms with Crippen molar-refractivity contribution in [3.05, 3.63) is 48.3 Å². The molecule has 0 unspecified atom stereocenters. The highest BCUT2D eigenvalue weighted by atomic mass is 32.2. The molecule has 24 heavy (non-hydrogen) atoms. The molecule has 1 aromatic carbocycles. The van der Waals surface area contributed by atoms with E-state index in [9.17, 15) is 0 Å². The van der Waals surface area contributed by atoms with Gasteiger partial charge in [-0.15, -0.1) is 11.8 Å². The molecule has 0 radical (unpaired) electrons. The third-order valence-electron chi connectivity index (χ3n) is 4.74. The summed E-state index contributed by atoms with van der Waals surface area (Å²) < 4.78 is 0. The molecule has 0 atom stereocenters. The van der Waals surface area contributed by atoms with Crippen LogP contribution in [0.5, 0.6) is 0 Å². The van der Waals surface area contributed by atoms with Gasteiger partial charge in [0.15, 0.2) is 0 Å². The lowest BCUT2D eigenvalue weighted by atomic mass is 10.2. The molecule has 1 aliphatic heterocycles. The Morgan fingerprint density at radius 3 is 2.54 bits per heavy atom. The Labute approximate surface area is 148 Å². The van der Waals surface area contributed by atoms with E-state index in [0.717, 1.165) is 48.7 Å². The first kappa shape index (κ1) is 15.9. The van der Waals surface area contributed by atoms with Crippen LogP contribution in [0.3, 0.4) is 0 Å². The van der Waals surface area contributed by atoms with Crippen molar-refractivity contribution in [3.8, 4) is 0 Å². The Kier molecular flexibility index (Phi) is 4.99. The number of rotatable bonds is 6. The first-order valence-electron chi connectivity index (χ1n) is 8.83. The third-order valence-corrected chi connectivity index (χ3v) is 5.71. The molecule has 4 nitrogen and oxygen atoms in total. The van der Waals surface area contributed by atoms with E-state index in [4.69, 9.17) is 4.98 Å². The van der Waals surface area contributed by atoms with Gasteiger partial charge in [-0.3, -0.25) is 9.88 Å². The number of thioether (sulfide) groups is 1. The molecule has 0 bridgehead atoms. The summed E-state index contributed by atoms with van der Waals surface area (Å²) in [5, 5.41) is 1.01. The maximum Gasteiger partial charge on any atom is 0.148 e. The molecule has 5 heteroatoms. The van der Waals surface area contributed by atoms with Gasteiger partial charge in [-0.1, -0.05) is 30.3 Å². The highest BCUT2D eigenvalue weighted by Gasteiger charge is 2.26. The summed E-state index contributed by atoms with van der Waals surface area (Å²) in [4.78, 5) is 14.2. The van der Waals surface area contributed by atoms with E-state index in [1.54, 1.807) is 11.8 Å². The summed E-state index contributed by atoms with van der Waals surface area (Å²) in [5.74, 6) is 2.95. The molecule has 0 N–H and O–H groups in total. The Bertz CT molecular complexity index is 651. The van der Waals surface area contributed by atoms with Crippen LogP contribution in [0.2, 0.25) is 0 Å². The van der Waals surface area contributed by atoms with Gasteiger partial charge in [0, 0.05) is 38.5 Å². The number of aromatic nitrogens is 2. The van der Waals surface area contributed by atoms with E-state index in [0.29, 0.717) is 0 Å². The zero-order valence-corrected chi connectivity index (χ0v) is 14.8. The van der Waals surface area contributed by atoms with Crippen molar-refractivity contribution in [2.75, 3.05) is 37.6 Å². The van der Waals surface area contributed by atoms with Gasteiger partial charge in [0.1, 0.15) is 10.8 Å². The molecule has 1 saturated heterocycles. The quantitative estimate of drug-likeness (QED) is 0.754. The summed E-state index contributed by atoms with van der Waals surface area (Å²) in [5.41, 5.74) is 1.32. The van der Waals surface area contributed by atoms with Gasteiger partial charge in [-0.05, 0) is 24.3 Å². The van der Waals surface area contributed by atoms with Crippen LogP contribution < -0.4 is 4.90 Å². The van der Waals surface area contributed by atoms with Crippen molar-refractivity contribution in [2.45, 2.75) is 23.6 Å². The van der Waals surface area contributed by atoms with Gasteiger partial charge < -0.3 is 4.90 Å². The molecule has 0 amide bonds. The van der Waals surface area contributed by atoms with E-state index < -0.39 is 0 Å². The predicted octanol–water partition coefficient (Wildman–Crippen LogP) is 3.30. The first-order chi connectivity index (χ1) is 11.9. The minimum absolute atomic E-state index is 0.939. The summed E-state index contributed by atoms with van der Waals surface area (Å²) in [6.45, 7) is 5.73. The lowest BCUT2D eigenvalue weighted by Crippen LogP contribution is -2.47. The zero-order chi connectivity index (χ0) is 16.2. The molecule has 1 aromatic heterocycles. The van der Waals surface area contributed by atoms with Crippen LogP contribution in [0.25, 0.3) is 0 Å². The molecule has 2 heterocycles. The normalized spacial score (nSPS) is 18.8. The van der Waals surface area contributed by atoms with E-state index in [1.807, 2.05) is 12.4 Å². The monoisotopic (exact) mass is 340 g/mol. The first-order valence-corrected chi connectivity index (χ1v) is 9.81. The molecule has 2 aromatic rings. The van der Waals surface area contributed by atoms with Crippen molar-refractivity contribution >= 4 is 17.6 Å². The van der Waals surface area contributed by atoms with Crippen molar-refractivity contribution in [1.82, 2.24) is 14.9 Å². The molecule has 4 rings (SSSR count). The van der Waals surface area contributed by atoms with Crippen LogP contribution in [0, 0.1) is 5.92 Å². The highest BCUT2D eigenvalue weighted by molar-refractivity contribution is 7.98. The molecule has 126 valence electrons. The Morgan fingerprint density at radius 2 is 1.79 bits per heavy atom. The van der Waals surface area contributed by atoms with Gasteiger partial charge in [-0.2, -0.15) is 0 Å². The molecular formula is C19H24N4S. The van der Waals surface area contributed by atoms with Crippen LogP contribution in [0.15, 0.2) is 47.8 Å². The number of hydrogen-bond acceptors (Lipinski definition) is 5. The van der Waals surface area contributed by atoms with Crippen LogP contribution >= 0.6 is 11.8 Å². The highest BCUT2D eigenvalue weighted by Crippen LogP contribution is 2.30. The molecule has 0 spiro atoms. The SMILES string of the molecule is c1ccc(CSc2cncc(N3CCN(CC4CC4)CC3)n2)cc1. The van der Waals surface area contributed by atoms with E-state index in [2.05, 4.69) is 45.1 Å². The molecule has 1 aliphatic carbocycles.